The fourth-order valence-electron chi connectivity index (χ4n) is 4.43. The van der Waals surface area contributed by atoms with Crippen LogP contribution in [0, 0.1) is 5.92 Å². The Morgan fingerprint density at radius 3 is 2.71 bits per heavy atom. The lowest BCUT2D eigenvalue weighted by Crippen LogP contribution is -2.43. The number of nitrogens with zero attached hydrogens (tertiary/aromatic N) is 4. The van der Waals surface area contributed by atoms with Crippen LogP contribution in [-0.2, 0) is 19.1 Å². The highest BCUT2D eigenvalue weighted by atomic mass is 19.4. The average Bonchev–Trinajstić information content (AvgIpc) is 2.73. The zero-order chi connectivity index (χ0) is 22.2. The molecular formula is C23H26F3N5. The number of aliphatic imine (C=N–C) groups is 1. The van der Waals surface area contributed by atoms with E-state index in [4.69, 9.17) is 4.99 Å². The van der Waals surface area contributed by atoms with Crippen LogP contribution < -0.4 is 5.32 Å². The van der Waals surface area contributed by atoms with Gasteiger partial charge in [0.1, 0.15) is 18.3 Å². The Hall–Kier alpha value is -2.74. The standard InChI is InChI=1S/C23H26F3N5/c1-14-10-15(2)22(27-11-14)31-9-8-20-18(12-31)21(29-13-28-20)30-16(3)17-6-4-5-7-19(17)23(24,25)26/h4-7,10-11,13,15-16,22H,8-9,12H2,1-3H3,(H,28,29,30). The minimum Gasteiger partial charge on any atom is -0.363 e. The quantitative estimate of drug-likeness (QED) is 0.742. The average molecular weight is 429 g/mol. The van der Waals surface area contributed by atoms with Crippen LogP contribution in [0.5, 0.6) is 0 Å². The summed E-state index contributed by atoms with van der Waals surface area (Å²) in [7, 11) is 0. The number of halogens is 3. The first kappa shape index (κ1) is 21.5. The van der Waals surface area contributed by atoms with E-state index in [1.54, 1.807) is 13.0 Å². The van der Waals surface area contributed by atoms with Gasteiger partial charge in [-0.2, -0.15) is 13.2 Å². The van der Waals surface area contributed by atoms with Crippen molar-refractivity contribution in [1.82, 2.24) is 14.9 Å². The Morgan fingerprint density at radius 2 is 1.97 bits per heavy atom. The van der Waals surface area contributed by atoms with Gasteiger partial charge in [-0.3, -0.25) is 9.89 Å². The van der Waals surface area contributed by atoms with Crippen LogP contribution in [-0.4, -0.2) is 33.8 Å². The Balaban J connectivity index is 1.58. The van der Waals surface area contributed by atoms with E-state index in [-0.39, 0.29) is 17.6 Å². The molecule has 164 valence electrons. The summed E-state index contributed by atoms with van der Waals surface area (Å²) in [5, 5.41) is 3.21. The summed E-state index contributed by atoms with van der Waals surface area (Å²) >= 11 is 0. The fraction of sp³-hybridized carbons (Fsp3) is 0.435. The summed E-state index contributed by atoms with van der Waals surface area (Å²) in [4.78, 5) is 15.8. The van der Waals surface area contributed by atoms with Gasteiger partial charge < -0.3 is 5.32 Å². The molecule has 0 aliphatic carbocycles. The van der Waals surface area contributed by atoms with Gasteiger partial charge >= 0.3 is 6.18 Å². The third-order valence-corrected chi connectivity index (χ3v) is 5.92. The van der Waals surface area contributed by atoms with Crippen molar-refractivity contribution < 1.29 is 13.2 Å². The maximum Gasteiger partial charge on any atom is 0.416 e. The molecule has 31 heavy (non-hydrogen) atoms. The number of anilines is 1. The number of dihydropyridines is 1. The maximum atomic E-state index is 13.5. The van der Waals surface area contributed by atoms with Gasteiger partial charge in [0.25, 0.3) is 0 Å². The minimum absolute atomic E-state index is 0.0354. The van der Waals surface area contributed by atoms with Crippen molar-refractivity contribution >= 4 is 12.0 Å². The third kappa shape index (κ3) is 4.49. The number of rotatable bonds is 4. The van der Waals surface area contributed by atoms with Gasteiger partial charge in [-0.05, 0) is 31.1 Å². The van der Waals surface area contributed by atoms with Crippen molar-refractivity contribution in [3.8, 4) is 0 Å². The Morgan fingerprint density at radius 1 is 1.19 bits per heavy atom. The van der Waals surface area contributed by atoms with E-state index in [1.807, 2.05) is 13.1 Å². The number of fused-ring (bicyclic) bond motifs is 1. The summed E-state index contributed by atoms with van der Waals surface area (Å²) in [5.74, 6) is 0.864. The number of alkyl halides is 3. The van der Waals surface area contributed by atoms with Crippen molar-refractivity contribution in [2.45, 2.75) is 52.1 Å². The lowest BCUT2D eigenvalue weighted by atomic mass is 9.97. The van der Waals surface area contributed by atoms with E-state index >= 15 is 0 Å². The molecule has 5 nitrogen and oxygen atoms in total. The second kappa shape index (κ2) is 8.42. The zero-order valence-electron chi connectivity index (χ0n) is 17.8. The van der Waals surface area contributed by atoms with Crippen LogP contribution in [0.4, 0.5) is 19.0 Å². The van der Waals surface area contributed by atoms with Gasteiger partial charge in [0.15, 0.2) is 0 Å². The van der Waals surface area contributed by atoms with Gasteiger partial charge in [0, 0.05) is 37.2 Å². The van der Waals surface area contributed by atoms with Crippen molar-refractivity contribution in [1.29, 1.82) is 0 Å². The first-order chi connectivity index (χ1) is 14.7. The van der Waals surface area contributed by atoms with Crippen molar-refractivity contribution in [3.63, 3.8) is 0 Å². The predicted molar refractivity (Wildman–Crippen MR) is 115 cm³/mol. The molecule has 0 spiro atoms. The first-order valence-electron chi connectivity index (χ1n) is 10.4. The van der Waals surface area contributed by atoms with Crippen LogP contribution in [0.15, 0.2) is 47.2 Å². The molecule has 0 fully saturated rings. The summed E-state index contributed by atoms with van der Waals surface area (Å²) < 4.78 is 40.4. The number of hydrogen-bond acceptors (Lipinski definition) is 5. The molecule has 2 aliphatic rings. The molecule has 8 heteroatoms. The Bertz CT molecular complexity index is 1010. The highest BCUT2D eigenvalue weighted by Gasteiger charge is 2.35. The zero-order valence-corrected chi connectivity index (χ0v) is 17.8. The monoisotopic (exact) mass is 429 g/mol. The van der Waals surface area contributed by atoms with Crippen LogP contribution in [0.3, 0.4) is 0 Å². The van der Waals surface area contributed by atoms with E-state index in [2.05, 4.69) is 33.2 Å². The largest absolute Gasteiger partial charge is 0.416 e. The molecule has 1 aromatic carbocycles. The van der Waals surface area contributed by atoms with Gasteiger partial charge in [0.05, 0.1) is 17.3 Å². The van der Waals surface area contributed by atoms with Crippen LogP contribution in [0.1, 0.15) is 49.2 Å². The molecule has 0 saturated carbocycles. The SMILES string of the molecule is CC1=CC(C)C(N2CCc3ncnc(NC(C)c4ccccc4C(F)(F)F)c3C2)N=C1. The molecule has 3 unspecified atom stereocenters. The topological polar surface area (TPSA) is 53.4 Å². The van der Waals surface area contributed by atoms with E-state index in [1.165, 1.54) is 18.5 Å². The van der Waals surface area contributed by atoms with Crippen LogP contribution >= 0.6 is 0 Å². The molecule has 0 radical (unpaired) electrons. The van der Waals surface area contributed by atoms with Gasteiger partial charge in [-0.15, -0.1) is 0 Å². The van der Waals surface area contributed by atoms with Gasteiger partial charge in [-0.25, -0.2) is 9.97 Å². The van der Waals surface area contributed by atoms with E-state index in [0.717, 1.165) is 35.9 Å². The van der Waals surface area contributed by atoms with E-state index < -0.39 is 17.8 Å². The second-order valence-corrected chi connectivity index (χ2v) is 8.28. The highest BCUT2D eigenvalue weighted by molar-refractivity contribution is 5.78. The number of nitrogens with one attached hydrogen (secondary N) is 1. The van der Waals surface area contributed by atoms with E-state index in [0.29, 0.717) is 12.4 Å². The van der Waals surface area contributed by atoms with Crippen LogP contribution in [0.25, 0.3) is 0 Å². The third-order valence-electron chi connectivity index (χ3n) is 5.92. The first-order valence-corrected chi connectivity index (χ1v) is 10.4. The fourth-order valence-corrected chi connectivity index (χ4v) is 4.43. The molecule has 1 aromatic heterocycles. The maximum absolute atomic E-state index is 13.5. The number of benzene rings is 1. The molecule has 2 aromatic rings. The smallest absolute Gasteiger partial charge is 0.363 e. The van der Waals surface area contributed by atoms with Crippen molar-refractivity contribution in [2.75, 3.05) is 11.9 Å². The molecule has 0 amide bonds. The molecule has 2 aliphatic heterocycles. The lowest BCUT2D eigenvalue weighted by molar-refractivity contribution is -0.138. The summed E-state index contributed by atoms with van der Waals surface area (Å²) in [6.07, 6.45) is 1.97. The highest BCUT2D eigenvalue weighted by Crippen LogP contribution is 2.36. The lowest BCUT2D eigenvalue weighted by Gasteiger charge is -2.37. The van der Waals surface area contributed by atoms with Gasteiger partial charge in [0.2, 0.25) is 0 Å². The van der Waals surface area contributed by atoms with E-state index in [9.17, 15) is 13.2 Å². The number of allylic oxidation sites excluding steroid dienone is 1. The predicted octanol–water partition coefficient (Wildman–Crippen LogP) is 5.02. The summed E-state index contributed by atoms with van der Waals surface area (Å²) in [6.45, 7) is 7.34. The Labute approximate surface area is 180 Å². The molecule has 0 bridgehead atoms. The molecule has 0 saturated heterocycles. The Kier molecular flexibility index (Phi) is 5.83. The summed E-state index contributed by atoms with van der Waals surface area (Å²) in [6, 6.07) is 5.09. The molecule has 3 atom stereocenters. The molecule has 3 heterocycles. The summed E-state index contributed by atoms with van der Waals surface area (Å²) in [5.41, 5.74) is 2.58. The van der Waals surface area contributed by atoms with Gasteiger partial charge in [-0.1, -0.05) is 31.2 Å². The van der Waals surface area contributed by atoms with Crippen LogP contribution in [0.2, 0.25) is 0 Å². The second-order valence-electron chi connectivity index (χ2n) is 8.28. The minimum atomic E-state index is -4.41. The number of aromatic nitrogens is 2. The molecule has 4 rings (SSSR count). The normalized spacial score (nSPS) is 22.6. The number of hydrogen-bond donors (Lipinski definition) is 1. The molecular weight excluding hydrogens is 403 g/mol. The van der Waals surface area contributed by atoms with Crippen molar-refractivity contribution in [3.05, 3.63) is 64.6 Å². The van der Waals surface area contributed by atoms with Crippen molar-refractivity contribution in [2.24, 2.45) is 10.9 Å². The molecule has 1 N–H and O–H groups in total.